The molecule has 0 aromatic heterocycles. The molecule has 0 atom stereocenters. The van der Waals surface area contributed by atoms with Crippen LogP contribution in [-0.4, -0.2) is 23.4 Å². The Labute approximate surface area is 143 Å². The average molecular weight is 345 g/mol. The summed E-state index contributed by atoms with van der Waals surface area (Å²) in [5.41, 5.74) is 1.90. The molecule has 0 aliphatic carbocycles. The van der Waals surface area contributed by atoms with Crippen molar-refractivity contribution in [1.82, 2.24) is 0 Å². The summed E-state index contributed by atoms with van der Waals surface area (Å²) in [6, 6.07) is 8.69. The number of amides is 2. The highest BCUT2D eigenvalue weighted by molar-refractivity contribution is 6.10. The van der Waals surface area contributed by atoms with Crippen molar-refractivity contribution >= 4 is 28.9 Å². The van der Waals surface area contributed by atoms with E-state index in [-0.39, 0.29) is 16.9 Å². The van der Waals surface area contributed by atoms with Crippen molar-refractivity contribution in [3.8, 4) is 0 Å². The van der Waals surface area contributed by atoms with Crippen LogP contribution in [0.1, 0.15) is 21.5 Å². The molecule has 2 amide bonds. The van der Waals surface area contributed by atoms with Crippen LogP contribution >= 0.6 is 0 Å². The maximum Gasteiger partial charge on any atom is 0.270 e. The summed E-state index contributed by atoms with van der Waals surface area (Å²) in [6.45, 7) is 2.43. The van der Waals surface area contributed by atoms with Gasteiger partial charge in [-0.15, -0.1) is 0 Å². The van der Waals surface area contributed by atoms with E-state index in [1.165, 1.54) is 6.07 Å². The van der Waals surface area contributed by atoms with Crippen LogP contribution in [0.2, 0.25) is 0 Å². The van der Waals surface area contributed by atoms with E-state index in [1.807, 2.05) is 19.9 Å². The number of rotatable bonds is 5. The first-order valence-corrected chi connectivity index (χ1v) is 7.35. The molecular formula is C17H16FN3O4. The number of carbonyl (C=O) groups excluding carboxylic acids is 2. The van der Waals surface area contributed by atoms with Crippen molar-refractivity contribution in [3.05, 3.63) is 63.2 Å². The van der Waals surface area contributed by atoms with Gasteiger partial charge in [-0.25, -0.2) is 4.39 Å². The first kappa shape index (κ1) is 18.1. The first-order chi connectivity index (χ1) is 11.8. The van der Waals surface area contributed by atoms with Crippen molar-refractivity contribution in [2.75, 3.05) is 17.3 Å². The van der Waals surface area contributed by atoms with Crippen LogP contribution < -0.4 is 10.6 Å². The zero-order valence-electron chi connectivity index (χ0n) is 13.6. The summed E-state index contributed by atoms with van der Waals surface area (Å²) < 4.78 is 12.4. The summed E-state index contributed by atoms with van der Waals surface area (Å²) >= 11 is 0. The van der Waals surface area contributed by atoms with Gasteiger partial charge in [0, 0.05) is 17.8 Å². The molecule has 2 rings (SSSR count). The Kier molecular flexibility index (Phi) is 5.43. The van der Waals surface area contributed by atoms with E-state index in [0.29, 0.717) is 5.69 Å². The Morgan fingerprint density at radius 3 is 2.48 bits per heavy atom. The fourth-order valence-corrected chi connectivity index (χ4v) is 2.20. The zero-order chi connectivity index (χ0) is 18.6. The van der Waals surface area contributed by atoms with E-state index in [1.54, 1.807) is 12.1 Å². The standard InChI is InChI=1S/C17H16FN3O4/c1-10-4-3-5-14(11(10)2)20-17(23)13-8-12(21(24)25)6-7-15(13)19-16(22)9-18/h3-8H,9H2,1-2H3,(H,19,22)(H,20,23). The van der Waals surface area contributed by atoms with Crippen LogP contribution in [0.5, 0.6) is 0 Å². The van der Waals surface area contributed by atoms with E-state index in [4.69, 9.17) is 0 Å². The molecule has 0 heterocycles. The summed E-state index contributed by atoms with van der Waals surface area (Å²) in [5, 5.41) is 15.8. The van der Waals surface area contributed by atoms with Crippen molar-refractivity contribution in [2.24, 2.45) is 0 Å². The van der Waals surface area contributed by atoms with Crippen LogP contribution in [-0.2, 0) is 4.79 Å². The lowest BCUT2D eigenvalue weighted by Crippen LogP contribution is -2.19. The van der Waals surface area contributed by atoms with Gasteiger partial charge in [0.1, 0.15) is 0 Å². The number of hydrogen-bond acceptors (Lipinski definition) is 4. The lowest BCUT2D eigenvalue weighted by Gasteiger charge is -2.13. The number of anilines is 2. The van der Waals surface area contributed by atoms with Gasteiger partial charge in [0.25, 0.3) is 17.5 Å². The molecule has 0 saturated heterocycles. The molecule has 0 radical (unpaired) electrons. The van der Waals surface area contributed by atoms with Crippen LogP contribution in [0.4, 0.5) is 21.5 Å². The minimum absolute atomic E-state index is 0.00365. The van der Waals surface area contributed by atoms with Gasteiger partial charge in [0.05, 0.1) is 16.2 Å². The van der Waals surface area contributed by atoms with Gasteiger partial charge < -0.3 is 10.6 Å². The third-order valence-electron chi connectivity index (χ3n) is 3.71. The molecule has 0 bridgehead atoms. The van der Waals surface area contributed by atoms with Gasteiger partial charge >= 0.3 is 0 Å². The maximum atomic E-state index is 12.6. The zero-order valence-corrected chi connectivity index (χ0v) is 13.6. The number of nitrogens with one attached hydrogen (secondary N) is 2. The second kappa shape index (κ2) is 7.52. The van der Waals surface area contributed by atoms with E-state index in [0.717, 1.165) is 23.3 Å². The third kappa shape index (κ3) is 4.17. The van der Waals surface area contributed by atoms with Gasteiger partial charge in [-0.05, 0) is 37.1 Å². The molecule has 0 unspecified atom stereocenters. The average Bonchev–Trinajstić information content (AvgIpc) is 2.58. The van der Waals surface area contributed by atoms with E-state index < -0.39 is 23.4 Å². The molecule has 7 nitrogen and oxygen atoms in total. The molecule has 130 valence electrons. The topological polar surface area (TPSA) is 101 Å². The van der Waals surface area contributed by atoms with Crippen LogP contribution in [0.15, 0.2) is 36.4 Å². The predicted molar refractivity (Wildman–Crippen MR) is 91.6 cm³/mol. The predicted octanol–water partition coefficient (Wildman–Crippen LogP) is 3.37. The minimum Gasteiger partial charge on any atom is -0.323 e. The summed E-state index contributed by atoms with van der Waals surface area (Å²) in [6.07, 6.45) is 0. The first-order valence-electron chi connectivity index (χ1n) is 7.35. The molecule has 0 spiro atoms. The Balaban J connectivity index is 2.41. The Morgan fingerprint density at radius 2 is 1.84 bits per heavy atom. The van der Waals surface area contributed by atoms with Crippen molar-refractivity contribution in [3.63, 3.8) is 0 Å². The number of halogens is 1. The quantitative estimate of drug-likeness (QED) is 0.641. The molecule has 25 heavy (non-hydrogen) atoms. The molecule has 2 aromatic rings. The van der Waals surface area contributed by atoms with Gasteiger partial charge in [0.2, 0.25) is 0 Å². The van der Waals surface area contributed by atoms with Crippen LogP contribution in [0.25, 0.3) is 0 Å². The number of hydrogen-bond donors (Lipinski definition) is 2. The number of alkyl halides is 1. The van der Waals surface area contributed by atoms with Crippen LogP contribution in [0, 0.1) is 24.0 Å². The molecular weight excluding hydrogens is 329 g/mol. The normalized spacial score (nSPS) is 10.2. The van der Waals surface area contributed by atoms with Gasteiger partial charge in [-0.3, -0.25) is 19.7 Å². The Hall–Kier alpha value is -3.29. The smallest absolute Gasteiger partial charge is 0.270 e. The number of benzene rings is 2. The number of nitro groups is 1. The van der Waals surface area contributed by atoms with Gasteiger partial charge in [-0.2, -0.15) is 0 Å². The Morgan fingerprint density at radius 1 is 1.12 bits per heavy atom. The summed E-state index contributed by atoms with van der Waals surface area (Å²) in [4.78, 5) is 34.1. The third-order valence-corrected chi connectivity index (χ3v) is 3.71. The SMILES string of the molecule is Cc1cccc(NC(=O)c2cc([N+](=O)[O-])ccc2NC(=O)CF)c1C. The van der Waals surface area contributed by atoms with Gasteiger partial charge in [-0.1, -0.05) is 12.1 Å². The summed E-state index contributed by atoms with van der Waals surface area (Å²) in [5.74, 6) is -1.60. The number of nitrogens with zero attached hydrogens (tertiary/aromatic N) is 1. The molecule has 0 aliphatic rings. The maximum absolute atomic E-state index is 12.6. The van der Waals surface area contributed by atoms with Crippen LogP contribution in [0.3, 0.4) is 0 Å². The second-order valence-corrected chi connectivity index (χ2v) is 5.37. The Bertz CT molecular complexity index is 852. The lowest BCUT2D eigenvalue weighted by atomic mass is 10.1. The van der Waals surface area contributed by atoms with Crippen molar-refractivity contribution < 1.29 is 18.9 Å². The van der Waals surface area contributed by atoms with E-state index >= 15 is 0 Å². The fraction of sp³-hybridized carbons (Fsp3) is 0.176. The number of aryl methyl sites for hydroxylation is 1. The lowest BCUT2D eigenvalue weighted by molar-refractivity contribution is -0.384. The number of non-ortho nitro benzene ring substituents is 1. The highest BCUT2D eigenvalue weighted by atomic mass is 19.1. The highest BCUT2D eigenvalue weighted by Crippen LogP contribution is 2.25. The second-order valence-electron chi connectivity index (χ2n) is 5.37. The molecule has 0 fully saturated rings. The van der Waals surface area contributed by atoms with Crippen molar-refractivity contribution in [1.29, 1.82) is 0 Å². The molecule has 2 aromatic carbocycles. The molecule has 2 N–H and O–H groups in total. The monoisotopic (exact) mass is 345 g/mol. The minimum atomic E-state index is -1.27. The van der Waals surface area contributed by atoms with E-state index in [9.17, 15) is 24.1 Å². The van der Waals surface area contributed by atoms with E-state index in [2.05, 4.69) is 10.6 Å². The summed E-state index contributed by atoms with van der Waals surface area (Å²) in [7, 11) is 0. The molecule has 0 aliphatic heterocycles. The fourth-order valence-electron chi connectivity index (χ4n) is 2.20. The molecule has 0 saturated carbocycles. The highest BCUT2D eigenvalue weighted by Gasteiger charge is 2.19. The largest absolute Gasteiger partial charge is 0.323 e. The van der Waals surface area contributed by atoms with Gasteiger partial charge in [0.15, 0.2) is 6.67 Å². The number of carbonyl (C=O) groups is 2. The van der Waals surface area contributed by atoms with Crippen molar-refractivity contribution in [2.45, 2.75) is 13.8 Å². The number of nitro benzene ring substituents is 1. The molecule has 8 heteroatoms.